The number of aromatic nitrogens is 2. The molecule has 0 unspecified atom stereocenters. The monoisotopic (exact) mass is 544 g/mol. The van der Waals surface area contributed by atoms with Crippen molar-refractivity contribution in [2.24, 2.45) is 5.92 Å². The van der Waals surface area contributed by atoms with Crippen LogP contribution in [-0.4, -0.2) is 65.1 Å². The van der Waals surface area contributed by atoms with Crippen LogP contribution in [0.25, 0.3) is 11.0 Å². The van der Waals surface area contributed by atoms with Gasteiger partial charge in [-0.05, 0) is 69.1 Å². The predicted octanol–water partition coefficient (Wildman–Crippen LogP) is 4.07. The van der Waals surface area contributed by atoms with E-state index in [-0.39, 0.29) is 18.4 Å². The summed E-state index contributed by atoms with van der Waals surface area (Å²) in [6.07, 6.45) is 3.39. The minimum atomic E-state index is -0.209. The average molecular weight is 545 g/mol. The fourth-order valence-corrected chi connectivity index (χ4v) is 4.78. The van der Waals surface area contributed by atoms with E-state index in [1.807, 2.05) is 24.3 Å². The fourth-order valence-electron chi connectivity index (χ4n) is 4.78. The number of anilines is 3. The fraction of sp³-hybridized carbons (Fsp3) is 0.310. The molecule has 0 spiro atoms. The van der Waals surface area contributed by atoms with Crippen molar-refractivity contribution in [1.82, 2.24) is 20.2 Å². The van der Waals surface area contributed by atoms with Gasteiger partial charge in [0.2, 0.25) is 17.7 Å². The Balaban J connectivity index is 1.21. The van der Waals surface area contributed by atoms with Crippen LogP contribution in [0.2, 0.25) is 0 Å². The van der Waals surface area contributed by atoms with Crippen LogP contribution in [0.15, 0.2) is 59.1 Å². The Morgan fingerprint density at radius 1 is 1.12 bits per heavy atom. The zero-order valence-electron chi connectivity index (χ0n) is 22.4. The van der Waals surface area contributed by atoms with Crippen molar-refractivity contribution in [1.29, 1.82) is 0 Å². The van der Waals surface area contributed by atoms with E-state index in [9.17, 15) is 14.7 Å². The van der Waals surface area contributed by atoms with Crippen molar-refractivity contribution in [3.63, 3.8) is 0 Å². The van der Waals surface area contributed by atoms with E-state index in [1.54, 1.807) is 44.4 Å². The highest BCUT2D eigenvalue weighted by atomic mass is 16.5. The molecule has 1 fully saturated rings. The third-order valence-electron chi connectivity index (χ3n) is 6.88. The minimum Gasteiger partial charge on any atom is -0.460 e. The molecular formula is C29H32N6O5. The van der Waals surface area contributed by atoms with E-state index in [1.165, 1.54) is 0 Å². The lowest BCUT2D eigenvalue weighted by Crippen LogP contribution is -2.39. The lowest BCUT2D eigenvalue weighted by atomic mass is 9.98. The molecule has 0 aliphatic carbocycles. The lowest BCUT2D eigenvalue weighted by molar-refractivity contribution is -0.117. The number of nitrogens with zero attached hydrogens (tertiary/aromatic N) is 3. The number of benzene rings is 2. The zero-order valence-corrected chi connectivity index (χ0v) is 22.4. The molecule has 2 aromatic carbocycles. The van der Waals surface area contributed by atoms with Gasteiger partial charge >= 0.3 is 0 Å². The Hall–Kier alpha value is -4.48. The molecule has 5 rings (SSSR count). The number of piperidine rings is 1. The number of nitrogens with one attached hydrogen (secondary N) is 3. The number of rotatable bonds is 9. The van der Waals surface area contributed by atoms with Gasteiger partial charge in [-0.1, -0.05) is 6.07 Å². The van der Waals surface area contributed by atoms with Crippen molar-refractivity contribution in [2.45, 2.75) is 19.8 Å². The molecule has 0 radical (unpaired) electrons. The van der Waals surface area contributed by atoms with Gasteiger partial charge in [-0.15, -0.1) is 0 Å². The first-order chi connectivity index (χ1) is 19.4. The SMILES string of the molecule is CNC(=O)c1c(C)oc2cc(Oc3ccnc(Nc4cccc(NC(=O)CN5CCC(CO)CC5)c4)n3)ccc12. The summed E-state index contributed by atoms with van der Waals surface area (Å²) in [5.41, 5.74) is 2.40. The van der Waals surface area contributed by atoms with E-state index >= 15 is 0 Å². The molecule has 2 aromatic heterocycles. The van der Waals surface area contributed by atoms with Gasteiger partial charge in [0.15, 0.2) is 0 Å². The Morgan fingerprint density at radius 3 is 2.70 bits per heavy atom. The Labute approximate surface area is 231 Å². The normalized spacial score (nSPS) is 14.2. The van der Waals surface area contributed by atoms with Gasteiger partial charge in [0.25, 0.3) is 5.91 Å². The number of hydrogen-bond donors (Lipinski definition) is 4. The van der Waals surface area contributed by atoms with Gasteiger partial charge in [0.05, 0.1) is 12.1 Å². The van der Waals surface area contributed by atoms with Crippen molar-refractivity contribution in [2.75, 3.05) is 43.9 Å². The van der Waals surface area contributed by atoms with Crippen LogP contribution in [0.4, 0.5) is 17.3 Å². The highest BCUT2D eigenvalue weighted by molar-refractivity contribution is 6.07. The third-order valence-corrected chi connectivity index (χ3v) is 6.88. The molecule has 4 N–H and O–H groups in total. The second-order valence-electron chi connectivity index (χ2n) is 9.75. The van der Waals surface area contributed by atoms with Gasteiger partial charge in [-0.2, -0.15) is 4.98 Å². The van der Waals surface area contributed by atoms with Crippen LogP contribution in [0.1, 0.15) is 29.0 Å². The number of fused-ring (bicyclic) bond motifs is 1. The molecule has 11 nitrogen and oxygen atoms in total. The van der Waals surface area contributed by atoms with Crippen LogP contribution in [0.3, 0.4) is 0 Å². The summed E-state index contributed by atoms with van der Waals surface area (Å²) >= 11 is 0. The van der Waals surface area contributed by atoms with Crippen molar-refractivity contribution >= 4 is 40.1 Å². The second-order valence-corrected chi connectivity index (χ2v) is 9.75. The number of carbonyl (C=O) groups is 2. The average Bonchev–Trinajstić information content (AvgIpc) is 3.28. The number of aliphatic hydroxyl groups excluding tert-OH is 1. The highest BCUT2D eigenvalue weighted by Gasteiger charge is 2.20. The highest BCUT2D eigenvalue weighted by Crippen LogP contribution is 2.31. The number of carbonyl (C=O) groups excluding carboxylic acids is 2. The van der Waals surface area contributed by atoms with Crippen LogP contribution >= 0.6 is 0 Å². The van der Waals surface area contributed by atoms with Crippen LogP contribution < -0.4 is 20.7 Å². The minimum absolute atomic E-state index is 0.0857. The number of ether oxygens (including phenoxy) is 1. The van der Waals surface area contributed by atoms with Crippen molar-refractivity contribution in [3.8, 4) is 11.6 Å². The maximum Gasteiger partial charge on any atom is 0.255 e. The van der Waals surface area contributed by atoms with E-state index in [2.05, 4.69) is 30.8 Å². The Morgan fingerprint density at radius 2 is 1.93 bits per heavy atom. The van der Waals surface area contributed by atoms with E-state index in [0.29, 0.717) is 63.7 Å². The Kier molecular flexibility index (Phi) is 8.23. The molecule has 2 amide bonds. The molecule has 1 saturated heterocycles. The molecule has 1 aliphatic rings. The number of aryl methyl sites for hydroxylation is 1. The Bertz CT molecular complexity index is 1510. The molecule has 11 heteroatoms. The van der Waals surface area contributed by atoms with E-state index in [0.717, 1.165) is 25.9 Å². The summed E-state index contributed by atoms with van der Waals surface area (Å²) in [6.45, 7) is 3.88. The molecule has 1 aliphatic heterocycles. The van der Waals surface area contributed by atoms with E-state index < -0.39 is 0 Å². The van der Waals surface area contributed by atoms with Crippen LogP contribution in [0.5, 0.6) is 11.6 Å². The van der Waals surface area contributed by atoms with Crippen molar-refractivity contribution < 1.29 is 23.8 Å². The predicted molar refractivity (Wildman–Crippen MR) is 151 cm³/mol. The maximum atomic E-state index is 12.6. The molecule has 3 heterocycles. The first kappa shape index (κ1) is 27.1. The van der Waals surface area contributed by atoms with Crippen LogP contribution in [0, 0.1) is 12.8 Å². The molecule has 40 heavy (non-hydrogen) atoms. The van der Waals surface area contributed by atoms with Crippen LogP contribution in [-0.2, 0) is 4.79 Å². The van der Waals surface area contributed by atoms with Crippen molar-refractivity contribution in [3.05, 3.63) is 66.1 Å². The topological polar surface area (TPSA) is 142 Å². The summed E-state index contributed by atoms with van der Waals surface area (Å²) in [6, 6.07) is 14.2. The number of amides is 2. The first-order valence-corrected chi connectivity index (χ1v) is 13.2. The van der Waals surface area contributed by atoms with Gasteiger partial charge < -0.3 is 30.2 Å². The van der Waals surface area contributed by atoms with Gasteiger partial charge in [-0.3, -0.25) is 14.5 Å². The lowest BCUT2D eigenvalue weighted by Gasteiger charge is -2.30. The number of likely N-dealkylation sites (tertiary alicyclic amines) is 1. The number of furan rings is 1. The molecule has 0 atom stereocenters. The summed E-state index contributed by atoms with van der Waals surface area (Å²) in [7, 11) is 1.58. The zero-order chi connectivity index (χ0) is 28.1. The van der Waals surface area contributed by atoms with Gasteiger partial charge in [0.1, 0.15) is 17.1 Å². The summed E-state index contributed by atoms with van der Waals surface area (Å²) in [4.78, 5) is 35.6. The molecule has 0 saturated carbocycles. The summed E-state index contributed by atoms with van der Waals surface area (Å²) < 4.78 is 11.7. The molecule has 208 valence electrons. The smallest absolute Gasteiger partial charge is 0.255 e. The largest absolute Gasteiger partial charge is 0.460 e. The maximum absolute atomic E-state index is 12.6. The second kappa shape index (κ2) is 12.1. The van der Waals surface area contributed by atoms with Gasteiger partial charge in [0, 0.05) is 48.7 Å². The number of hydrogen-bond acceptors (Lipinski definition) is 9. The van der Waals surface area contributed by atoms with E-state index in [4.69, 9.17) is 9.15 Å². The quantitative estimate of drug-likeness (QED) is 0.245. The number of aliphatic hydroxyl groups is 1. The molecule has 0 bridgehead atoms. The summed E-state index contributed by atoms with van der Waals surface area (Å²) in [5.74, 6) is 1.71. The summed E-state index contributed by atoms with van der Waals surface area (Å²) in [5, 5.41) is 18.7. The standard InChI is InChI=1S/C29H32N6O5/c1-18-27(28(38)30-2)23-7-6-22(15-24(23)39-18)40-26-8-11-31-29(34-26)33-21-5-3-4-20(14-21)32-25(37)16-35-12-9-19(17-36)10-13-35/h3-8,11,14-15,19,36H,9-10,12-13,16-17H2,1-2H3,(H,30,38)(H,32,37)(H,31,33,34). The molecular weight excluding hydrogens is 512 g/mol. The third kappa shape index (κ3) is 6.38. The first-order valence-electron chi connectivity index (χ1n) is 13.2. The van der Waals surface area contributed by atoms with Gasteiger partial charge in [-0.25, -0.2) is 4.98 Å². The molecule has 4 aromatic rings.